The molecule has 4 heteroatoms. The van der Waals surface area contributed by atoms with Gasteiger partial charge < -0.3 is 10.1 Å². The minimum atomic E-state index is -0.675. The van der Waals surface area contributed by atoms with Crippen molar-refractivity contribution in [1.82, 2.24) is 5.32 Å². The fraction of sp³-hybridized carbons (Fsp3) is 1.00. The molecule has 1 N–H and O–H groups in total. The van der Waals surface area contributed by atoms with E-state index in [1.165, 1.54) is 0 Å². The Labute approximate surface area is 96.4 Å². The van der Waals surface area contributed by atoms with E-state index in [0.717, 1.165) is 25.1 Å². The Morgan fingerprint density at radius 3 is 2.53 bits per heavy atom. The maximum atomic E-state index is 10.9. The van der Waals surface area contributed by atoms with Crippen molar-refractivity contribution in [2.45, 2.75) is 45.3 Å². The van der Waals surface area contributed by atoms with Gasteiger partial charge in [0.25, 0.3) is 0 Å². The van der Waals surface area contributed by atoms with E-state index in [1.807, 2.05) is 0 Å². The maximum absolute atomic E-state index is 10.9. The van der Waals surface area contributed by atoms with Gasteiger partial charge in [0.2, 0.25) is 0 Å². The number of methoxy groups -OCH3 is 1. The van der Waals surface area contributed by atoms with Crippen LogP contribution in [0.1, 0.15) is 33.6 Å². The Kier molecular flexibility index (Phi) is 7.40. The van der Waals surface area contributed by atoms with Crippen molar-refractivity contribution in [3.63, 3.8) is 0 Å². The van der Waals surface area contributed by atoms with Crippen molar-refractivity contribution in [3.8, 4) is 0 Å². The highest BCUT2D eigenvalue weighted by Gasteiger charge is 2.15. The van der Waals surface area contributed by atoms with Gasteiger partial charge in [-0.2, -0.15) is 0 Å². The second-order valence-electron chi connectivity index (χ2n) is 4.63. The van der Waals surface area contributed by atoms with Crippen LogP contribution in [0.4, 0.5) is 0 Å². The molecule has 0 radical (unpaired) electrons. The molecule has 2 unspecified atom stereocenters. The lowest BCUT2D eigenvalue weighted by molar-refractivity contribution is 0.0154. The topological polar surface area (TPSA) is 38.3 Å². The Hall–Kier alpha value is 0.0700. The highest BCUT2D eigenvalue weighted by atomic mass is 32.2. The van der Waals surface area contributed by atoms with Crippen molar-refractivity contribution in [2.75, 3.05) is 25.7 Å². The summed E-state index contributed by atoms with van der Waals surface area (Å²) in [5.74, 6) is 0.780. The largest absolute Gasteiger partial charge is 0.379 e. The van der Waals surface area contributed by atoms with Gasteiger partial charge in [0.1, 0.15) is 0 Å². The van der Waals surface area contributed by atoms with E-state index in [4.69, 9.17) is 4.74 Å². The Morgan fingerprint density at radius 2 is 2.07 bits per heavy atom. The Morgan fingerprint density at radius 1 is 1.47 bits per heavy atom. The summed E-state index contributed by atoms with van der Waals surface area (Å²) in [4.78, 5) is 0. The SMILES string of the molecule is COC(C)(C)CCNC(C)CCS(C)=O. The lowest BCUT2D eigenvalue weighted by Crippen LogP contribution is -2.34. The molecule has 0 saturated carbocycles. The van der Waals surface area contributed by atoms with E-state index in [0.29, 0.717) is 6.04 Å². The summed E-state index contributed by atoms with van der Waals surface area (Å²) in [7, 11) is 1.06. The highest BCUT2D eigenvalue weighted by molar-refractivity contribution is 7.84. The predicted octanol–water partition coefficient (Wildman–Crippen LogP) is 1.55. The quantitative estimate of drug-likeness (QED) is 0.694. The van der Waals surface area contributed by atoms with Crippen LogP contribution in [-0.4, -0.2) is 41.5 Å². The molecule has 0 aromatic heterocycles. The summed E-state index contributed by atoms with van der Waals surface area (Å²) in [6, 6.07) is 0.432. The van der Waals surface area contributed by atoms with Crippen LogP contribution in [0.15, 0.2) is 0 Å². The van der Waals surface area contributed by atoms with E-state index in [1.54, 1.807) is 13.4 Å². The van der Waals surface area contributed by atoms with Crippen LogP contribution < -0.4 is 5.32 Å². The Bertz CT molecular complexity index is 195. The van der Waals surface area contributed by atoms with Crippen LogP contribution in [0, 0.1) is 0 Å². The van der Waals surface area contributed by atoms with Gasteiger partial charge in [0, 0.05) is 36.0 Å². The first-order valence-corrected chi connectivity index (χ1v) is 7.18. The lowest BCUT2D eigenvalue weighted by Gasteiger charge is -2.24. The third-order valence-corrected chi connectivity index (χ3v) is 3.42. The zero-order valence-electron chi connectivity index (χ0n) is 10.6. The van der Waals surface area contributed by atoms with Gasteiger partial charge in [-0.3, -0.25) is 4.21 Å². The monoisotopic (exact) mass is 235 g/mol. The molecule has 0 saturated heterocycles. The fourth-order valence-corrected chi connectivity index (χ4v) is 1.85. The van der Waals surface area contributed by atoms with Crippen LogP contribution in [0.25, 0.3) is 0 Å². The normalized spacial score (nSPS) is 16.3. The number of rotatable bonds is 8. The molecule has 0 aromatic rings. The van der Waals surface area contributed by atoms with Gasteiger partial charge >= 0.3 is 0 Å². The van der Waals surface area contributed by atoms with Gasteiger partial charge in [0.15, 0.2) is 0 Å². The number of hydrogen-bond donors (Lipinski definition) is 1. The summed E-state index contributed by atoms with van der Waals surface area (Å²) in [6.45, 7) is 7.24. The molecule has 0 aliphatic rings. The molecule has 0 heterocycles. The Balaban J connectivity index is 3.54. The molecule has 0 spiro atoms. The number of hydrogen-bond acceptors (Lipinski definition) is 3. The molecule has 15 heavy (non-hydrogen) atoms. The molecule has 3 nitrogen and oxygen atoms in total. The second-order valence-corrected chi connectivity index (χ2v) is 6.19. The van der Waals surface area contributed by atoms with E-state index in [2.05, 4.69) is 26.1 Å². The zero-order chi connectivity index (χ0) is 11.9. The number of ether oxygens (including phenoxy) is 1. The van der Waals surface area contributed by atoms with Crippen LogP contribution in [-0.2, 0) is 15.5 Å². The van der Waals surface area contributed by atoms with Crippen molar-refractivity contribution < 1.29 is 8.95 Å². The van der Waals surface area contributed by atoms with Gasteiger partial charge in [-0.05, 0) is 40.2 Å². The summed E-state index contributed by atoms with van der Waals surface area (Å²) < 4.78 is 16.2. The lowest BCUT2D eigenvalue weighted by atomic mass is 10.1. The minimum absolute atomic E-state index is 0.0553. The fourth-order valence-electron chi connectivity index (χ4n) is 1.17. The third kappa shape index (κ3) is 9.03. The smallest absolute Gasteiger partial charge is 0.0634 e. The molecular formula is C11H25NO2S. The van der Waals surface area contributed by atoms with E-state index in [-0.39, 0.29) is 5.60 Å². The predicted molar refractivity (Wildman–Crippen MR) is 66.7 cm³/mol. The van der Waals surface area contributed by atoms with Crippen LogP contribution in [0.5, 0.6) is 0 Å². The summed E-state index contributed by atoms with van der Waals surface area (Å²) in [5, 5.41) is 3.41. The van der Waals surface area contributed by atoms with Gasteiger partial charge in [-0.25, -0.2) is 0 Å². The number of nitrogens with one attached hydrogen (secondary N) is 1. The highest BCUT2D eigenvalue weighted by Crippen LogP contribution is 2.11. The average Bonchev–Trinajstić information content (AvgIpc) is 2.14. The summed E-state index contributed by atoms with van der Waals surface area (Å²) in [6.07, 6.45) is 3.71. The first-order valence-electron chi connectivity index (χ1n) is 5.46. The molecular weight excluding hydrogens is 210 g/mol. The maximum Gasteiger partial charge on any atom is 0.0634 e. The van der Waals surface area contributed by atoms with Crippen LogP contribution >= 0.6 is 0 Å². The van der Waals surface area contributed by atoms with Gasteiger partial charge in [-0.15, -0.1) is 0 Å². The summed E-state index contributed by atoms with van der Waals surface area (Å²) in [5.41, 5.74) is -0.0553. The second kappa shape index (κ2) is 7.36. The van der Waals surface area contributed by atoms with Crippen molar-refractivity contribution in [3.05, 3.63) is 0 Å². The average molecular weight is 235 g/mol. The molecule has 92 valence electrons. The molecule has 0 aliphatic heterocycles. The standard InChI is InChI=1S/C11H25NO2S/c1-10(6-9-15(5)13)12-8-7-11(2,3)14-4/h10,12H,6-9H2,1-5H3. The molecule has 0 amide bonds. The third-order valence-electron chi connectivity index (χ3n) is 2.61. The van der Waals surface area contributed by atoms with Crippen molar-refractivity contribution in [2.24, 2.45) is 0 Å². The van der Waals surface area contributed by atoms with Crippen molar-refractivity contribution >= 4 is 10.8 Å². The van der Waals surface area contributed by atoms with Gasteiger partial charge in [-0.1, -0.05) is 0 Å². The minimum Gasteiger partial charge on any atom is -0.379 e. The van der Waals surface area contributed by atoms with E-state index >= 15 is 0 Å². The van der Waals surface area contributed by atoms with E-state index in [9.17, 15) is 4.21 Å². The van der Waals surface area contributed by atoms with Gasteiger partial charge in [0.05, 0.1) is 5.60 Å². The molecule has 0 rings (SSSR count). The van der Waals surface area contributed by atoms with E-state index < -0.39 is 10.8 Å². The molecule has 0 bridgehead atoms. The first-order chi connectivity index (χ1) is 6.87. The molecule has 0 aliphatic carbocycles. The molecule has 2 atom stereocenters. The van der Waals surface area contributed by atoms with Crippen molar-refractivity contribution in [1.29, 1.82) is 0 Å². The van der Waals surface area contributed by atoms with Crippen LogP contribution in [0.3, 0.4) is 0 Å². The summed E-state index contributed by atoms with van der Waals surface area (Å²) >= 11 is 0. The molecule has 0 fully saturated rings. The first kappa shape index (κ1) is 15.1. The molecule has 0 aromatic carbocycles. The zero-order valence-corrected chi connectivity index (χ0v) is 11.4. The van der Waals surface area contributed by atoms with Crippen LogP contribution in [0.2, 0.25) is 0 Å².